The van der Waals surface area contributed by atoms with Crippen LogP contribution in [0, 0.1) is 11.3 Å². The van der Waals surface area contributed by atoms with Crippen LogP contribution < -0.4 is 5.32 Å². The predicted molar refractivity (Wildman–Crippen MR) is 62.7 cm³/mol. The summed E-state index contributed by atoms with van der Waals surface area (Å²) in [6.45, 7) is 0.606. The minimum absolute atomic E-state index is 0.558. The van der Waals surface area contributed by atoms with Crippen LogP contribution in [-0.4, -0.2) is 16.7 Å². The Kier molecular flexibility index (Phi) is 3.58. The highest BCUT2D eigenvalue weighted by Crippen LogP contribution is 2.20. The predicted octanol–water partition coefficient (Wildman–Crippen LogP) is 2.25. The molecular weight excluding hydrogens is 240 g/mol. The van der Waals surface area contributed by atoms with Gasteiger partial charge in [0.25, 0.3) is 0 Å². The highest BCUT2D eigenvalue weighted by atomic mass is 35.5. The van der Waals surface area contributed by atoms with E-state index in [1.54, 1.807) is 18.2 Å². The summed E-state index contributed by atoms with van der Waals surface area (Å²) in [5, 5.41) is 16.3. The van der Waals surface area contributed by atoms with Gasteiger partial charge in [0.2, 0.25) is 6.39 Å². The molecule has 17 heavy (non-hydrogen) atoms. The number of halogens is 1. The van der Waals surface area contributed by atoms with E-state index in [0.717, 1.165) is 0 Å². The number of aromatic nitrogens is 2. The van der Waals surface area contributed by atoms with E-state index >= 15 is 0 Å². The van der Waals surface area contributed by atoms with E-state index in [2.05, 4.69) is 26.0 Å². The van der Waals surface area contributed by atoms with Crippen LogP contribution in [0.3, 0.4) is 0 Å². The van der Waals surface area contributed by atoms with Gasteiger partial charge < -0.3 is 9.84 Å². The number of nitriles is 1. The Hall–Kier alpha value is -2.06. The van der Waals surface area contributed by atoms with Crippen molar-refractivity contribution in [2.24, 2.45) is 0 Å². The van der Waals surface area contributed by atoms with E-state index in [-0.39, 0.29) is 0 Å². The lowest BCUT2D eigenvalue weighted by Crippen LogP contribution is -2.07. The summed E-state index contributed by atoms with van der Waals surface area (Å²) in [5.74, 6) is 0.623. The summed E-state index contributed by atoms with van der Waals surface area (Å²) >= 11 is 5.86. The molecule has 6 heteroatoms. The SMILES string of the molecule is N#Cc1ccc(Cl)cc1NCCc1ncon1. The third-order valence-corrected chi connectivity index (χ3v) is 2.41. The second-order valence-corrected chi connectivity index (χ2v) is 3.76. The zero-order valence-corrected chi connectivity index (χ0v) is 9.61. The molecule has 2 rings (SSSR count). The summed E-state index contributed by atoms with van der Waals surface area (Å²) < 4.78 is 4.62. The van der Waals surface area contributed by atoms with Crippen LogP contribution in [0.5, 0.6) is 0 Å². The molecule has 0 aliphatic heterocycles. The lowest BCUT2D eigenvalue weighted by atomic mass is 10.2. The maximum atomic E-state index is 8.92. The summed E-state index contributed by atoms with van der Waals surface area (Å²) in [4.78, 5) is 3.90. The molecule has 0 amide bonds. The second kappa shape index (κ2) is 5.32. The van der Waals surface area contributed by atoms with E-state index in [4.69, 9.17) is 16.9 Å². The van der Waals surface area contributed by atoms with E-state index in [1.165, 1.54) is 6.39 Å². The fourth-order valence-corrected chi connectivity index (χ4v) is 1.54. The van der Waals surface area contributed by atoms with Gasteiger partial charge >= 0.3 is 0 Å². The van der Waals surface area contributed by atoms with Gasteiger partial charge in [0, 0.05) is 18.0 Å². The fourth-order valence-electron chi connectivity index (χ4n) is 1.37. The Bertz CT molecular complexity index is 533. The first-order valence-electron chi connectivity index (χ1n) is 4.98. The molecule has 5 nitrogen and oxygen atoms in total. The van der Waals surface area contributed by atoms with Gasteiger partial charge in [0.15, 0.2) is 5.82 Å². The minimum atomic E-state index is 0.558. The van der Waals surface area contributed by atoms with Gasteiger partial charge in [-0.15, -0.1) is 0 Å². The van der Waals surface area contributed by atoms with Crippen molar-refractivity contribution >= 4 is 17.3 Å². The molecule has 2 aromatic rings. The number of nitrogens with one attached hydrogen (secondary N) is 1. The van der Waals surface area contributed by atoms with Crippen LogP contribution in [0.4, 0.5) is 5.69 Å². The summed E-state index contributed by atoms with van der Waals surface area (Å²) in [7, 11) is 0. The third kappa shape index (κ3) is 2.95. The smallest absolute Gasteiger partial charge is 0.213 e. The zero-order valence-electron chi connectivity index (χ0n) is 8.85. The van der Waals surface area contributed by atoms with Crippen LogP contribution in [0.25, 0.3) is 0 Å². The van der Waals surface area contributed by atoms with Gasteiger partial charge in [-0.05, 0) is 18.2 Å². The van der Waals surface area contributed by atoms with E-state index < -0.39 is 0 Å². The van der Waals surface area contributed by atoms with E-state index in [0.29, 0.717) is 35.1 Å². The molecule has 0 atom stereocenters. The summed E-state index contributed by atoms with van der Waals surface area (Å²) in [6.07, 6.45) is 1.91. The van der Waals surface area contributed by atoms with Crippen molar-refractivity contribution < 1.29 is 4.52 Å². The van der Waals surface area contributed by atoms with Crippen molar-refractivity contribution in [2.45, 2.75) is 6.42 Å². The topological polar surface area (TPSA) is 74.7 Å². The quantitative estimate of drug-likeness (QED) is 0.898. The van der Waals surface area contributed by atoms with Crippen LogP contribution >= 0.6 is 11.6 Å². The molecule has 1 heterocycles. The van der Waals surface area contributed by atoms with Crippen LogP contribution in [0.1, 0.15) is 11.4 Å². The van der Waals surface area contributed by atoms with Crippen molar-refractivity contribution in [3.8, 4) is 6.07 Å². The Morgan fingerprint density at radius 1 is 1.47 bits per heavy atom. The van der Waals surface area contributed by atoms with E-state index in [1.807, 2.05) is 0 Å². The molecule has 1 N–H and O–H groups in total. The monoisotopic (exact) mass is 248 g/mol. The second-order valence-electron chi connectivity index (χ2n) is 3.33. The number of rotatable bonds is 4. The lowest BCUT2D eigenvalue weighted by Gasteiger charge is -2.06. The number of benzene rings is 1. The van der Waals surface area contributed by atoms with Gasteiger partial charge in [-0.25, -0.2) is 0 Å². The largest absolute Gasteiger partial charge is 0.383 e. The first kappa shape index (κ1) is 11.4. The van der Waals surface area contributed by atoms with E-state index in [9.17, 15) is 0 Å². The van der Waals surface area contributed by atoms with Crippen LogP contribution in [0.15, 0.2) is 29.1 Å². The molecule has 0 saturated heterocycles. The molecule has 0 bridgehead atoms. The highest BCUT2D eigenvalue weighted by molar-refractivity contribution is 6.30. The molecule has 0 spiro atoms. The average molecular weight is 249 g/mol. The lowest BCUT2D eigenvalue weighted by molar-refractivity contribution is 0.410. The van der Waals surface area contributed by atoms with Crippen molar-refractivity contribution in [1.29, 1.82) is 5.26 Å². The van der Waals surface area contributed by atoms with Crippen LogP contribution in [0.2, 0.25) is 5.02 Å². The maximum absolute atomic E-state index is 8.92. The molecule has 86 valence electrons. The molecule has 0 aliphatic carbocycles. The first-order chi connectivity index (χ1) is 8.29. The molecule has 0 saturated carbocycles. The highest BCUT2D eigenvalue weighted by Gasteiger charge is 2.03. The molecule has 1 aromatic heterocycles. The zero-order chi connectivity index (χ0) is 12.1. The standard InChI is InChI=1S/C11H9ClN4O/c12-9-2-1-8(6-13)10(5-9)14-4-3-11-15-7-17-16-11/h1-2,5,7,14H,3-4H2. The third-order valence-electron chi connectivity index (χ3n) is 2.17. The number of anilines is 1. The molecular formula is C11H9ClN4O. The molecule has 0 fully saturated rings. The van der Waals surface area contributed by atoms with Gasteiger partial charge in [-0.3, -0.25) is 0 Å². The van der Waals surface area contributed by atoms with Crippen molar-refractivity contribution in [2.75, 3.05) is 11.9 Å². The Balaban J connectivity index is 1.99. The Morgan fingerprint density at radius 2 is 2.35 bits per heavy atom. The summed E-state index contributed by atoms with van der Waals surface area (Å²) in [5.41, 5.74) is 1.27. The van der Waals surface area contributed by atoms with Gasteiger partial charge in [-0.1, -0.05) is 16.8 Å². The Labute approximate surface area is 103 Å². The summed E-state index contributed by atoms with van der Waals surface area (Å²) in [6, 6.07) is 7.18. The van der Waals surface area contributed by atoms with Crippen molar-refractivity contribution in [3.63, 3.8) is 0 Å². The van der Waals surface area contributed by atoms with Gasteiger partial charge in [-0.2, -0.15) is 10.2 Å². The minimum Gasteiger partial charge on any atom is -0.383 e. The maximum Gasteiger partial charge on any atom is 0.213 e. The number of hydrogen-bond acceptors (Lipinski definition) is 5. The molecule has 0 unspecified atom stereocenters. The first-order valence-corrected chi connectivity index (χ1v) is 5.36. The average Bonchev–Trinajstić information content (AvgIpc) is 2.82. The van der Waals surface area contributed by atoms with Gasteiger partial charge in [0.05, 0.1) is 11.3 Å². The van der Waals surface area contributed by atoms with Crippen LogP contribution in [-0.2, 0) is 6.42 Å². The molecule has 0 radical (unpaired) electrons. The number of hydrogen-bond donors (Lipinski definition) is 1. The fraction of sp³-hybridized carbons (Fsp3) is 0.182. The Morgan fingerprint density at radius 3 is 3.06 bits per heavy atom. The normalized spacial score (nSPS) is 9.88. The van der Waals surface area contributed by atoms with Crippen molar-refractivity contribution in [1.82, 2.24) is 10.1 Å². The molecule has 1 aromatic carbocycles. The number of nitrogens with zero attached hydrogens (tertiary/aromatic N) is 3. The van der Waals surface area contributed by atoms with Crippen molar-refractivity contribution in [3.05, 3.63) is 41.0 Å². The molecule has 0 aliphatic rings. The van der Waals surface area contributed by atoms with Gasteiger partial charge in [0.1, 0.15) is 6.07 Å².